The lowest BCUT2D eigenvalue weighted by atomic mass is 10.3. The lowest BCUT2D eigenvalue weighted by Crippen LogP contribution is -2.27. The molecule has 4 nitrogen and oxygen atoms in total. The van der Waals surface area contributed by atoms with Gasteiger partial charge in [-0.2, -0.15) is 5.26 Å². The molecule has 0 bridgehead atoms. The molecule has 0 aromatic rings. The predicted molar refractivity (Wildman–Crippen MR) is 53.6 cm³/mol. The molecule has 0 radical (unpaired) electrons. The molecule has 1 saturated carbocycles. The fourth-order valence-electron chi connectivity index (χ4n) is 0.856. The average Bonchev–Trinajstić information content (AvgIpc) is 2.99. The standard InChI is InChI=1S/C9H12ClN3O/c10-3-4-12-9(14)7(5-11)6-13-8-1-2-8/h6,8,13H,1-4H2,(H,12,14)/b7-6-. The molecule has 14 heavy (non-hydrogen) atoms. The van der Waals surface area contributed by atoms with Gasteiger partial charge in [0.2, 0.25) is 0 Å². The van der Waals surface area contributed by atoms with Crippen LogP contribution in [-0.4, -0.2) is 24.4 Å². The molecule has 1 aliphatic rings. The largest absolute Gasteiger partial charge is 0.387 e. The zero-order valence-electron chi connectivity index (χ0n) is 7.72. The van der Waals surface area contributed by atoms with Crippen LogP contribution in [0.3, 0.4) is 0 Å². The van der Waals surface area contributed by atoms with Gasteiger partial charge in [-0.05, 0) is 12.8 Å². The third-order valence-corrected chi connectivity index (χ3v) is 1.97. The van der Waals surface area contributed by atoms with Gasteiger partial charge in [0, 0.05) is 24.7 Å². The summed E-state index contributed by atoms with van der Waals surface area (Å²) < 4.78 is 0. The van der Waals surface area contributed by atoms with Gasteiger partial charge >= 0.3 is 0 Å². The number of nitrogens with one attached hydrogen (secondary N) is 2. The van der Waals surface area contributed by atoms with Crippen LogP contribution >= 0.6 is 11.6 Å². The first kappa shape index (κ1) is 10.9. The molecule has 76 valence electrons. The maximum absolute atomic E-state index is 11.3. The van der Waals surface area contributed by atoms with Gasteiger partial charge in [-0.1, -0.05) is 0 Å². The van der Waals surface area contributed by atoms with Crippen LogP contribution in [0.5, 0.6) is 0 Å². The highest BCUT2D eigenvalue weighted by molar-refractivity contribution is 6.18. The molecule has 1 amide bonds. The minimum absolute atomic E-state index is 0.0991. The number of hydrogen-bond donors (Lipinski definition) is 2. The Labute approximate surface area is 87.9 Å². The second-order valence-electron chi connectivity index (χ2n) is 3.06. The van der Waals surface area contributed by atoms with E-state index in [0.717, 1.165) is 12.8 Å². The molecule has 0 aromatic carbocycles. The highest BCUT2D eigenvalue weighted by Gasteiger charge is 2.20. The molecule has 1 rings (SSSR count). The average molecular weight is 214 g/mol. The third-order valence-electron chi connectivity index (χ3n) is 1.79. The van der Waals surface area contributed by atoms with Crippen molar-refractivity contribution in [2.24, 2.45) is 0 Å². The van der Waals surface area contributed by atoms with Crippen molar-refractivity contribution in [2.45, 2.75) is 18.9 Å². The van der Waals surface area contributed by atoms with Crippen molar-refractivity contribution in [3.63, 3.8) is 0 Å². The Balaban J connectivity index is 2.38. The minimum Gasteiger partial charge on any atom is -0.387 e. The second-order valence-corrected chi connectivity index (χ2v) is 3.43. The summed E-state index contributed by atoms with van der Waals surface area (Å²) >= 11 is 5.40. The normalized spacial score (nSPS) is 15.9. The van der Waals surface area contributed by atoms with Crippen LogP contribution in [0.2, 0.25) is 0 Å². The van der Waals surface area contributed by atoms with Gasteiger partial charge in [-0.15, -0.1) is 11.6 Å². The first-order chi connectivity index (χ1) is 6.77. The molecule has 0 atom stereocenters. The van der Waals surface area contributed by atoms with Gasteiger partial charge in [0.05, 0.1) is 0 Å². The minimum atomic E-state index is -0.374. The Morgan fingerprint density at radius 1 is 1.64 bits per heavy atom. The fourth-order valence-corrected chi connectivity index (χ4v) is 0.950. The number of carbonyl (C=O) groups is 1. The van der Waals surface area contributed by atoms with Gasteiger partial charge in [0.1, 0.15) is 11.6 Å². The van der Waals surface area contributed by atoms with E-state index in [2.05, 4.69) is 10.6 Å². The molecular weight excluding hydrogens is 202 g/mol. The summed E-state index contributed by atoms with van der Waals surface area (Å²) in [6, 6.07) is 2.28. The van der Waals surface area contributed by atoms with E-state index in [1.807, 2.05) is 6.07 Å². The monoisotopic (exact) mass is 213 g/mol. The van der Waals surface area contributed by atoms with E-state index in [-0.39, 0.29) is 11.5 Å². The predicted octanol–water partition coefficient (Wildman–Crippen LogP) is 0.501. The van der Waals surface area contributed by atoms with Gasteiger partial charge in [0.15, 0.2) is 0 Å². The Morgan fingerprint density at radius 3 is 2.86 bits per heavy atom. The van der Waals surface area contributed by atoms with Crippen molar-refractivity contribution >= 4 is 17.5 Å². The highest BCUT2D eigenvalue weighted by atomic mass is 35.5. The summed E-state index contributed by atoms with van der Waals surface area (Å²) in [7, 11) is 0. The maximum atomic E-state index is 11.3. The first-order valence-corrected chi connectivity index (χ1v) is 5.02. The Bertz CT molecular complexity index is 278. The summed E-state index contributed by atoms with van der Waals surface area (Å²) in [5.74, 6) is -0.0261. The zero-order chi connectivity index (χ0) is 10.4. The lowest BCUT2D eigenvalue weighted by Gasteiger charge is -2.01. The fraction of sp³-hybridized carbons (Fsp3) is 0.556. The maximum Gasteiger partial charge on any atom is 0.263 e. The Kier molecular flexibility index (Phi) is 4.27. The van der Waals surface area contributed by atoms with E-state index in [1.165, 1.54) is 6.20 Å². The van der Waals surface area contributed by atoms with Gasteiger partial charge in [0.25, 0.3) is 5.91 Å². The van der Waals surface area contributed by atoms with Crippen molar-refractivity contribution in [1.82, 2.24) is 10.6 Å². The number of nitriles is 1. The van der Waals surface area contributed by atoms with Crippen LogP contribution in [0.15, 0.2) is 11.8 Å². The number of halogens is 1. The Morgan fingerprint density at radius 2 is 2.36 bits per heavy atom. The van der Waals surface area contributed by atoms with E-state index in [4.69, 9.17) is 16.9 Å². The summed E-state index contributed by atoms with van der Waals surface area (Å²) in [6.07, 6.45) is 3.69. The van der Waals surface area contributed by atoms with Crippen molar-refractivity contribution in [1.29, 1.82) is 5.26 Å². The number of nitrogens with zero attached hydrogens (tertiary/aromatic N) is 1. The topological polar surface area (TPSA) is 64.9 Å². The van der Waals surface area contributed by atoms with Crippen LogP contribution in [0.25, 0.3) is 0 Å². The first-order valence-electron chi connectivity index (χ1n) is 4.48. The number of amides is 1. The number of alkyl halides is 1. The second kappa shape index (κ2) is 5.51. The molecule has 0 unspecified atom stereocenters. The number of rotatable bonds is 5. The molecule has 0 aliphatic heterocycles. The molecule has 0 spiro atoms. The van der Waals surface area contributed by atoms with Gasteiger partial charge in [-0.3, -0.25) is 4.79 Å². The van der Waals surface area contributed by atoms with Gasteiger partial charge < -0.3 is 10.6 Å². The summed E-state index contributed by atoms with van der Waals surface area (Å²) in [4.78, 5) is 11.3. The summed E-state index contributed by atoms with van der Waals surface area (Å²) in [5.41, 5.74) is 0.0991. The van der Waals surface area contributed by atoms with Crippen LogP contribution in [0, 0.1) is 11.3 Å². The van der Waals surface area contributed by atoms with Crippen LogP contribution in [-0.2, 0) is 4.79 Å². The number of carbonyl (C=O) groups excluding carboxylic acids is 1. The molecule has 1 fully saturated rings. The van der Waals surface area contributed by atoms with Crippen LogP contribution < -0.4 is 10.6 Å². The van der Waals surface area contributed by atoms with E-state index < -0.39 is 0 Å². The molecule has 0 heterocycles. The molecule has 1 aliphatic carbocycles. The lowest BCUT2D eigenvalue weighted by molar-refractivity contribution is -0.117. The SMILES string of the molecule is N#C/C(=C/NC1CC1)C(=O)NCCCl. The van der Waals surface area contributed by atoms with Crippen molar-refractivity contribution in [3.8, 4) is 6.07 Å². The van der Waals surface area contributed by atoms with Crippen LogP contribution in [0.4, 0.5) is 0 Å². The number of hydrogen-bond acceptors (Lipinski definition) is 3. The smallest absolute Gasteiger partial charge is 0.263 e. The van der Waals surface area contributed by atoms with Crippen molar-refractivity contribution < 1.29 is 4.79 Å². The molecule has 2 N–H and O–H groups in total. The molecular formula is C9H12ClN3O. The van der Waals surface area contributed by atoms with E-state index in [0.29, 0.717) is 18.5 Å². The van der Waals surface area contributed by atoms with E-state index >= 15 is 0 Å². The van der Waals surface area contributed by atoms with Crippen molar-refractivity contribution in [3.05, 3.63) is 11.8 Å². The zero-order valence-corrected chi connectivity index (χ0v) is 8.47. The van der Waals surface area contributed by atoms with Crippen molar-refractivity contribution in [2.75, 3.05) is 12.4 Å². The Hall–Kier alpha value is -1.21. The van der Waals surface area contributed by atoms with Crippen LogP contribution in [0.1, 0.15) is 12.8 Å². The summed E-state index contributed by atoms with van der Waals surface area (Å²) in [5, 5.41) is 14.2. The highest BCUT2D eigenvalue weighted by Crippen LogP contribution is 2.18. The van der Waals surface area contributed by atoms with E-state index in [1.54, 1.807) is 0 Å². The molecule has 0 saturated heterocycles. The molecule has 0 aromatic heterocycles. The molecule has 5 heteroatoms. The quantitative estimate of drug-likeness (QED) is 0.397. The third kappa shape index (κ3) is 3.67. The van der Waals surface area contributed by atoms with E-state index in [9.17, 15) is 4.79 Å². The van der Waals surface area contributed by atoms with Gasteiger partial charge in [-0.25, -0.2) is 0 Å². The summed E-state index contributed by atoms with van der Waals surface area (Å²) in [6.45, 7) is 0.378.